The Morgan fingerprint density at radius 1 is 1.53 bits per heavy atom. The highest BCUT2D eigenvalue weighted by Crippen LogP contribution is 2.24. The van der Waals surface area contributed by atoms with Gasteiger partial charge in [-0.25, -0.2) is 0 Å². The van der Waals surface area contributed by atoms with Crippen molar-refractivity contribution in [1.82, 2.24) is 0 Å². The fraction of sp³-hybridized carbons (Fsp3) is 0.364. The van der Waals surface area contributed by atoms with Crippen LogP contribution in [-0.4, -0.2) is 5.91 Å². The largest absolute Gasteiger partial charge is 0.399 e. The Labute approximate surface area is 94.6 Å². The average molecular weight is 227 g/mol. The molecule has 3 N–H and O–H groups in total. The first-order valence-electron chi connectivity index (χ1n) is 4.84. The van der Waals surface area contributed by atoms with E-state index in [0.717, 1.165) is 0 Å². The second-order valence-electron chi connectivity index (χ2n) is 3.89. The first kappa shape index (κ1) is 11.9. The van der Waals surface area contributed by atoms with E-state index in [9.17, 15) is 4.79 Å². The average Bonchev–Trinajstić information content (AvgIpc) is 2.10. The minimum Gasteiger partial charge on any atom is -0.399 e. The van der Waals surface area contributed by atoms with Crippen molar-refractivity contribution in [3.63, 3.8) is 0 Å². The summed E-state index contributed by atoms with van der Waals surface area (Å²) in [6, 6.07) is 5.02. The number of amides is 1. The Kier molecular flexibility index (Phi) is 3.97. The molecule has 0 saturated carbocycles. The number of hydrogen-bond acceptors (Lipinski definition) is 2. The van der Waals surface area contributed by atoms with Crippen molar-refractivity contribution in [2.75, 3.05) is 11.1 Å². The van der Waals surface area contributed by atoms with Crippen molar-refractivity contribution in [3.8, 4) is 0 Å². The highest BCUT2D eigenvalue weighted by molar-refractivity contribution is 6.33. The quantitative estimate of drug-likeness (QED) is 0.779. The Bertz CT molecular complexity index is 364. The van der Waals surface area contributed by atoms with Crippen LogP contribution in [0.2, 0.25) is 5.02 Å². The Balaban J connectivity index is 2.71. The number of nitrogen functional groups attached to an aromatic ring is 1. The minimum absolute atomic E-state index is 0.0440. The molecule has 3 nitrogen and oxygen atoms in total. The third-order valence-electron chi connectivity index (χ3n) is 1.86. The minimum atomic E-state index is -0.0440. The van der Waals surface area contributed by atoms with Crippen LogP contribution in [0.4, 0.5) is 11.4 Å². The van der Waals surface area contributed by atoms with E-state index in [1.165, 1.54) is 0 Å². The van der Waals surface area contributed by atoms with Crippen molar-refractivity contribution < 1.29 is 4.79 Å². The van der Waals surface area contributed by atoms with Gasteiger partial charge in [0.25, 0.3) is 0 Å². The normalized spacial score (nSPS) is 10.4. The second-order valence-corrected chi connectivity index (χ2v) is 4.29. The number of nitrogens with one attached hydrogen (secondary N) is 1. The summed E-state index contributed by atoms with van der Waals surface area (Å²) in [5.41, 5.74) is 6.75. The van der Waals surface area contributed by atoms with Crippen LogP contribution in [0.1, 0.15) is 20.3 Å². The lowest BCUT2D eigenvalue weighted by atomic mass is 10.1. The summed E-state index contributed by atoms with van der Waals surface area (Å²) in [5, 5.41) is 3.23. The molecule has 0 bridgehead atoms. The molecule has 1 aromatic rings. The summed E-state index contributed by atoms with van der Waals surface area (Å²) in [6.45, 7) is 3.97. The predicted molar refractivity (Wildman–Crippen MR) is 63.9 cm³/mol. The van der Waals surface area contributed by atoms with E-state index in [-0.39, 0.29) is 5.91 Å². The van der Waals surface area contributed by atoms with Gasteiger partial charge in [0.1, 0.15) is 0 Å². The topological polar surface area (TPSA) is 55.1 Å². The number of carbonyl (C=O) groups excluding carboxylic acids is 1. The van der Waals surface area contributed by atoms with Crippen molar-refractivity contribution >= 4 is 28.9 Å². The van der Waals surface area contributed by atoms with Crippen molar-refractivity contribution in [2.24, 2.45) is 5.92 Å². The number of anilines is 2. The zero-order valence-electron chi connectivity index (χ0n) is 8.88. The first-order valence-corrected chi connectivity index (χ1v) is 5.21. The first-order chi connectivity index (χ1) is 6.99. The molecule has 0 aliphatic rings. The van der Waals surface area contributed by atoms with Gasteiger partial charge in [-0.3, -0.25) is 4.79 Å². The molecule has 0 spiro atoms. The maximum Gasteiger partial charge on any atom is 0.224 e. The van der Waals surface area contributed by atoms with E-state index in [0.29, 0.717) is 28.7 Å². The van der Waals surface area contributed by atoms with Crippen LogP contribution in [0.3, 0.4) is 0 Å². The SMILES string of the molecule is CC(C)CC(=O)Nc1cc(N)ccc1Cl. The third kappa shape index (κ3) is 3.80. The predicted octanol–water partition coefficient (Wildman–Crippen LogP) is 2.91. The summed E-state index contributed by atoms with van der Waals surface area (Å²) in [7, 11) is 0. The van der Waals surface area contributed by atoms with Crippen molar-refractivity contribution in [2.45, 2.75) is 20.3 Å². The molecule has 0 heterocycles. The van der Waals surface area contributed by atoms with Crippen LogP contribution in [0, 0.1) is 5.92 Å². The number of rotatable bonds is 3. The van der Waals surface area contributed by atoms with Crippen LogP contribution >= 0.6 is 11.6 Å². The lowest BCUT2D eigenvalue weighted by Gasteiger charge is -2.09. The highest BCUT2D eigenvalue weighted by Gasteiger charge is 2.07. The van der Waals surface area contributed by atoms with E-state index in [4.69, 9.17) is 17.3 Å². The number of nitrogens with two attached hydrogens (primary N) is 1. The Morgan fingerprint density at radius 3 is 2.80 bits per heavy atom. The van der Waals surface area contributed by atoms with Crippen LogP contribution in [-0.2, 0) is 4.79 Å². The molecule has 0 unspecified atom stereocenters. The summed E-state index contributed by atoms with van der Waals surface area (Å²) in [5.74, 6) is 0.280. The molecule has 0 saturated heterocycles. The van der Waals surface area contributed by atoms with E-state index >= 15 is 0 Å². The fourth-order valence-electron chi connectivity index (χ4n) is 1.21. The van der Waals surface area contributed by atoms with Crippen molar-refractivity contribution in [3.05, 3.63) is 23.2 Å². The molecular weight excluding hydrogens is 212 g/mol. The van der Waals surface area contributed by atoms with Gasteiger partial charge in [0, 0.05) is 12.1 Å². The smallest absolute Gasteiger partial charge is 0.224 e. The van der Waals surface area contributed by atoms with Gasteiger partial charge in [-0.1, -0.05) is 25.4 Å². The maximum absolute atomic E-state index is 11.5. The van der Waals surface area contributed by atoms with Gasteiger partial charge in [0.05, 0.1) is 10.7 Å². The summed E-state index contributed by atoms with van der Waals surface area (Å²) in [6.07, 6.45) is 0.477. The fourth-order valence-corrected chi connectivity index (χ4v) is 1.38. The van der Waals surface area contributed by atoms with E-state index in [2.05, 4.69) is 5.32 Å². The highest BCUT2D eigenvalue weighted by atomic mass is 35.5. The van der Waals surface area contributed by atoms with Crippen molar-refractivity contribution in [1.29, 1.82) is 0 Å². The molecule has 15 heavy (non-hydrogen) atoms. The van der Waals surface area contributed by atoms with E-state index in [1.807, 2.05) is 13.8 Å². The maximum atomic E-state index is 11.5. The van der Waals surface area contributed by atoms with Gasteiger partial charge in [0.15, 0.2) is 0 Å². The molecule has 1 rings (SSSR count). The van der Waals surface area contributed by atoms with Gasteiger partial charge in [-0.05, 0) is 24.1 Å². The number of hydrogen-bond donors (Lipinski definition) is 2. The number of benzene rings is 1. The third-order valence-corrected chi connectivity index (χ3v) is 2.19. The molecule has 1 amide bonds. The van der Waals surface area contributed by atoms with Gasteiger partial charge in [-0.2, -0.15) is 0 Å². The second kappa shape index (κ2) is 5.03. The van der Waals surface area contributed by atoms with Crippen LogP contribution in [0.25, 0.3) is 0 Å². The summed E-state index contributed by atoms with van der Waals surface area (Å²) < 4.78 is 0. The Hall–Kier alpha value is -1.22. The van der Waals surface area contributed by atoms with E-state index in [1.54, 1.807) is 18.2 Å². The van der Waals surface area contributed by atoms with Crippen LogP contribution in [0.5, 0.6) is 0 Å². The number of carbonyl (C=O) groups is 1. The molecule has 0 fully saturated rings. The lowest BCUT2D eigenvalue weighted by Crippen LogP contribution is -2.14. The monoisotopic (exact) mass is 226 g/mol. The number of halogens is 1. The molecular formula is C11H15ClN2O. The molecule has 0 aliphatic heterocycles. The molecule has 0 atom stereocenters. The van der Waals surface area contributed by atoms with E-state index < -0.39 is 0 Å². The summed E-state index contributed by atoms with van der Waals surface area (Å²) in [4.78, 5) is 11.5. The Morgan fingerprint density at radius 2 is 2.20 bits per heavy atom. The van der Waals surface area contributed by atoms with Gasteiger partial charge >= 0.3 is 0 Å². The zero-order valence-corrected chi connectivity index (χ0v) is 9.64. The molecule has 82 valence electrons. The molecule has 0 aromatic heterocycles. The molecule has 4 heteroatoms. The standard InChI is InChI=1S/C11H15ClN2O/c1-7(2)5-11(15)14-10-6-8(13)3-4-9(10)12/h3-4,6-7H,5,13H2,1-2H3,(H,14,15). The zero-order chi connectivity index (χ0) is 11.4. The van der Waals surface area contributed by atoms with Crippen LogP contribution < -0.4 is 11.1 Å². The molecule has 0 radical (unpaired) electrons. The molecule has 0 aliphatic carbocycles. The lowest BCUT2D eigenvalue weighted by molar-refractivity contribution is -0.116. The van der Waals surface area contributed by atoms with Gasteiger partial charge in [0.2, 0.25) is 5.91 Å². The van der Waals surface area contributed by atoms with Crippen LogP contribution in [0.15, 0.2) is 18.2 Å². The molecule has 1 aromatic carbocycles. The van der Waals surface area contributed by atoms with Gasteiger partial charge in [-0.15, -0.1) is 0 Å². The summed E-state index contributed by atoms with van der Waals surface area (Å²) >= 11 is 5.91. The van der Waals surface area contributed by atoms with Gasteiger partial charge < -0.3 is 11.1 Å².